The zero-order valence-corrected chi connectivity index (χ0v) is 13.0. The standard InChI is InChI=1S/C15H21N3O2S/c1-11-5-4-8-15(13(11)9-16)21(19,20)18-14(10-17)12-6-2-3-7-12/h4-5,8,12,14,18H,2-3,6-7,10,17H2,1H3. The first-order valence-corrected chi connectivity index (χ1v) is 8.70. The summed E-state index contributed by atoms with van der Waals surface area (Å²) >= 11 is 0. The molecule has 1 aromatic carbocycles. The second-order valence-electron chi connectivity index (χ2n) is 5.57. The van der Waals surface area contributed by atoms with Gasteiger partial charge in [-0.25, -0.2) is 13.1 Å². The molecule has 0 aliphatic heterocycles. The van der Waals surface area contributed by atoms with Crippen molar-refractivity contribution in [3.8, 4) is 6.07 Å². The van der Waals surface area contributed by atoms with Crippen molar-refractivity contribution in [3.05, 3.63) is 29.3 Å². The summed E-state index contributed by atoms with van der Waals surface area (Å²) in [5, 5.41) is 9.20. The van der Waals surface area contributed by atoms with E-state index in [1.54, 1.807) is 19.1 Å². The third kappa shape index (κ3) is 3.43. The van der Waals surface area contributed by atoms with Gasteiger partial charge in [-0.15, -0.1) is 0 Å². The number of nitrogens with one attached hydrogen (secondary N) is 1. The minimum atomic E-state index is -3.73. The summed E-state index contributed by atoms with van der Waals surface area (Å²) in [5.41, 5.74) is 6.61. The predicted octanol–water partition coefficient (Wildman–Crippen LogP) is 1.66. The average molecular weight is 307 g/mol. The highest BCUT2D eigenvalue weighted by Gasteiger charge is 2.29. The maximum atomic E-state index is 12.6. The zero-order valence-electron chi connectivity index (χ0n) is 12.2. The first kappa shape index (κ1) is 16.0. The highest BCUT2D eigenvalue weighted by atomic mass is 32.2. The van der Waals surface area contributed by atoms with Gasteiger partial charge in [0.05, 0.1) is 5.56 Å². The Bertz CT molecular complexity index is 643. The summed E-state index contributed by atoms with van der Waals surface area (Å²) in [6.45, 7) is 2.01. The first-order valence-electron chi connectivity index (χ1n) is 7.21. The molecule has 1 aliphatic carbocycles. The zero-order chi connectivity index (χ0) is 15.5. The molecule has 1 saturated carbocycles. The summed E-state index contributed by atoms with van der Waals surface area (Å²) in [7, 11) is -3.73. The number of nitriles is 1. The molecule has 6 heteroatoms. The van der Waals surface area contributed by atoms with Crippen molar-refractivity contribution in [1.29, 1.82) is 5.26 Å². The Morgan fingerprint density at radius 3 is 2.67 bits per heavy atom. The van der Waals surface area contributed by atoms with Gasteiger partial charge in [-0.1, -0.05) is 25.0 Å². The Morgan fingerprint density at radius 2 is 2.10 bits per heavy atom. The molecule has 1 aliphatic rings. The van der Waals surface area contributed by atoms with Crippen LogP contribution in [0.2, 0.25) is 0 Å². The fourth-order valence-electron chi connectivity index (χ4n) is 2.97. The summed E-state index contributed by atoms with van der Waals surface area (Å²) in [6.07, 6.45) is 4.25. The SMILES string of the molecule is Cc1cccc(S(=O)(=O)NC(CN)C2CCCC2)c1C#N. The van der Waals surface area contributed by atoms with Gasteiger partial charge in [0.1, 0.15) is 11.0 Å². The Kier molecular flexibility index (Phi) is 4.99. The summed E-state index contributed by atoms with van der Waals surface area (Å²) in [6, 6.07) is 6.57. The summed E-state index contributed by atoms with van der Waals surface area (Å²) in [4.78, 5) is 0.0430. The van der Waals surface area contributed by atoms with Gasteiger partial charge in [0, 0.05) is 12.6 Å². The second kappa shape index (κ2) is 6.56. The molecular formula is C15H21N3O2S. The molecule has 0 aromatic heterocycles. The Balaban J connectivity index is 2.30. The van der Waals surface area contributed by atoms with Crippen LogP contribution in [0.5, 0.6) is 0 Å². The van der Waals surface area contributed by atoms with Crippen molar-refractivity contribution in [2.45, 2.75) is 43.5 Å². The van der Waals surface area contributed by atoms with Crippen LogP contribution >= 0.6 is 0 Å². The monoisotopic (exact) mass is 307 g/mol. The van der Waals surface area contributed by atoms with Gasteiger partial charge in [0.25, 0.3) is 0 Å². The quantitative estimate of drug-likeness (QED) is 0.864. The maximum Gasteiger partial charge on any atom is 0.242 e. The molecule has 5 nitrogen and oxygen atoms in total. The molecule has 0 radical (unpaired) electrons. The molecule has 0 saturated heterocycles. The lowest BCUT2D eigenvalue weighted by Crippen LogP contribution is -2.44. The molecule has 0 amide bonds. The molecule has 0 heterocycles. The molecule has 114 valence electrons. The average Bonchev–Trinajstić information content (AvgIpc) is 2.98. The Labute approximate surface area is 126 Å². The fourth-order valence-corrected chi connectivity index (χ4v) is 4.51. The number of sulfonamides is 1. The summed E-state index contributed by atoms with van der Waals surface area (Å²) in [5.74, 6) is 0.292. The topological polar surface area (TPSA) is 96.0 Å². The van der Waals surface area contributed by atoms with Crippen LogP contribution < -0.4 is 10.5 Å². The molecule has 1 unspecified atom stereocenters. The Morgan fingerprint density at radius 1 is 1.43 bits per heavy atom. The highest BCUT2D eigenvalue weighted by Crippen LogP contribution is 2.28. The molecule has 1 aromatic rings. The molecule has 2 rings (SSSR count). The van der Waals surface area contributed by atoms with Crippen molar-refractivity contribution in [3.63, 3.8) is 0 Å². The van der Waals surface area contributed by atoms with Gasteiger partial charge in [-0.3, -0.25) is 0 Å². The maximum absolute atomic E-state index is 12.6. The molecular weight excluding hydrogens is 286 g/mol. The van der Waals surface area contributed by atoms with Gasteiger partial charge >= 0.3 is 0 Å². The molecule has 21 heavy (non-hydrogen) atoms. The van der Waals surface area contributed by atoms with E-state index in [2.05, 4.69) is 4.72 Å². The fraction of sp³-hybridized carbons (Fsp3) is 0.533. The van der Waals surface area contributed by atoms with Crippen molar-refractivity contribution in [1.82, 2.24) is 4.72 Å². The lowest BCUT2D eigenvalue weighted by Gasteiger charge is -2.23. The number of nitrogens with two attached hydrogens (primary N) is 1. The van der Waals surface area contributed by atoms with Crippen LogP contribution in [-0.4, -0.2) is 21.0 Å². The van der Waals surface area contributed by atoms with E-state index in [-0.39, 0.29) is 23.0 Å². The van der Waals surface area contributed by atoms with Crippen LogP contribution in [0.25, 0.3) is 0 Å². The van der Waals surface area contributed by atoms with E-state index in [1.165, 1.54) is 6.07 Å². The lowest BCUT2D eigenvalue weighted by molar-refractivity contribution is 0.405. The number of rotatable bonds is 5. The minimum Gasteiger partial charge on any atom is -0.329 e. The Hall–Kier alpha value is -1.42. The second-order valence-corrected chi connectivity index (χ2v) is 7.25. The molecule has 1 atom stereocenters. The number of nitrogens with zero attached hydrogens (tertiary/aromatic N) is 1. The van der Waals surface area contributed by atoms with E-state index in [1.807, 2.05) is 6.07 Å². The van der Waals surface area contributed by atoms with E-state index in [0.29, 0.717) is 11.5 Å². The van der Waals surface area contributed by atoms with Gasteiger partial charge in [0.2, 0.25) is 10.0 Å². The van der Waals surface area contributed by atoms with Gasteiger partial charge in [-0.05, 0) is 37.3 Å². The first-order chi connectivity index (χ1) is 9.99. The highest BCUT2D eigenvalue weighted by molar-refractivity contribution is 7.89. The number of hydrogen-bond acceptors (Lipinski definition) is 4. The third-order valence-electron chi connectivity index (χ3n) is 4.17. The molecule has 0 bridgehead atoms. The van der Waals surface area contributed by atoms with Gasteiger partial charge in [-0.2, -0.15) is 5.26 Å². The van der Waals surface area contributed by atoms with E-state index < -0.39 is 10.0 Å². The minimum absolute atomic E-state index is 0.0430. The van der Waals surface area contributed by atoms with Crippen molar-refractivity contribution in [2.24, 2.45) is 11.7 Å². The third-order valence-corrected chi connectivity index (χ3v) is 5.70. The van der Waals surface area contributed by atoms with E-state index in [9.17, 15) is 13.7 Å². The van der Waals surface area contributed by atoms with Crippen LogP contribution in [0.15, 0.2) is 23.1 Å². The number of benzene rings is 1. The molecule has 1 fully saturated rings. The largest absolute Gasteiger partial charge is 0.329 e. The normalized spacial score (nSPS) is 17.6. The smallest absolute Gasteiger partial charge is 0.242 e. The van der Waals surface area contributed by atoms with Crippen LogP contribution in [-0.2, 0) is 10.0 Å². The van der Waals surface area contributed by atoms with Crippen molar-refractivity contribution >= 4 is 10.0 Å². The van der Waals surface area contributed by atoms with Crippen LogP contribution in [0.1, 0.15) is 36.8 Å². The van der Waals surface area contributed by atoms with E-state index >= 15 is 0 Å². The van der Waals surface area contributed by atoms with Crippen LogP contribution in [0, 0.1) is 24.2 Å². The van der Waals surface area contributed by atoms with E-state index in [0.717, 1.165) is 25.7 Å². The number of aryl methyl sites for hydroxylation is 1. The van der Waals surface area contributed by atoms with Crippen LogP contribution in [0.4, 0.5) is 0 Å². The van der Waals surface area contributed by atoms with Crippen molar-refractivity contribution < 1.29 is 8.42 Å². The van der Waals surface area contributed by atoms with E-state index in [4.69, 9.17) is 5.73 Å². The van der Waals surface area contributed by atoms with Crippen molar-refractivity contribution in [2.75, 3.05) is 6.54 Å². The van der Waals surface area contributed by atoms with Gasteiger partial charge in [0.15, 0.2) is 0 Å². The molecule has 3 N–H and O–H groups in total. The summed E-state index contributed by atoms with van der Waals surface area (Å²) < 4.78 is 27.8. The predicted molar refractivity (Wildman–Crippen MR) is 81.0 cm³/mol. The van der Waals surface area contributed by atoms with Gasteiger partial charge < -0.3 is 5.73 Å². The van der Waals surface area contributed by atoms with Crippen LogP contribution in [0.3, 0.4) is 0 Å². The molecule has 0 spiro atoms. The lowest BCUT2D eigenvalue weighted by atomic mass is 9.99. The number of hydrogen-bond donors (Lipinski definition) is 2.